The lowest BCUT2D eigenvalue weighted by Crippen LogP contribution is -2.14. The molecule has 128 valence electrons. The Morgan fingerprint density at radius 3 is 2.84 bits per heavy atom. The van der Waals surface area contributed by atoms with E-state index in [9.17, 15) is 19.7 Å². The van der Waals surface area contributed by atoms with E-state index in [1.54, 1.807) is 19.1 Å². The van der Waals surface area contributed by atoms with E-state index in [0.29, 0.717) is 16.7 Å². The third-order valence-corrected chi connectivity index (χ3v) is 3.52. The number of nitro groups is 1. The second-order valence-electron chi connectivity index (χ2n) is 5.13. The second kappa shape index (κ2) is 6.07. The van der Waals surface area contributed by atoms with Crippen LogP contribution in [0.15, 0.2) is 33.5 Å². The maximum absolute atomic E-state index is 12.3. The summed E-state index contributed by atoms with van der Waals surface area (Å²) in [4.78, 5) is 34.1. The zero-order valence-electron chi connectivity index (χ0n) is 13.2. The number of nitrogens with zero attached hydrogens (tertiary/aromatic N) is 2. The van der Waals surface area contributed by atoms with Crippen LogP contribution in [-0.2, 0) is 0 Å². The molecule has 0 spiro atoms. The number of ether oxygens (including phenoxy) is 1. The van der Waals surface area contributed by atoms with Crippen LogP contribution in [0.4, 0.5) is 11.4 Å². The highest BCUT2D eigenvalue weighted by atomic mass is 16.6. The number of anilines is 1. The van der Waals surface area contributed by atoms with Gasteiger partial charge >= 0.3 is 17.2 Å². The molecular weight excluding hydrogens is 332 g/mol. The fourth-order valence-corrected chi connectivity index (χ4v) is 2.39. The van der Waals surface area contributed by atoms with Crippen molar-refractivity contribution >= 4 is 28.3 Å². The monoisotopic (exact) mass is 344 g/mol. The molecule has 0 aliphatic rings. The van der Waals surface area contributed by atoms with E-state index in [1.165, 1.54) is 19.2 Å². The van der Waals surface area contributed by atoms with Crippen molar-refractivity contribution < 1.29 is 18.9 Å². The molecule has 0 unspecified atom stereocenters. The van der Waals surface area contributed by atoms with Gasteiger partial charge in [0.1, 0.15) is 5.58 Å². The second-order valence-corrected chi connectivity index (χ2v) is 5.13. The minimum atomic E-state index is -0.781. The predicted octanol–water partition coefficient (Wildman–Crippen LogP) is 1.99. The first-order chi connectivity index (χ1) is 11.9. The zero-order valence-corrected chi connectivity index (χ0v) is 13.2. The Morgan fingerprint density at radius 2 is 2.16 bits per heavy atom. The van der Waals surface area contributed by atoms with Crippen LogP contribution in [0.25, 0.3) is 11.0 Å². The number of amides is 1. The number of fused-ring (bicyclic) bond motifs is 1. The van der Waals surface area contributed by atoms with Crippen molar-refractivity contribution in [2.24, 2.45) is 0 Å². The minimum absolute atomic E-state index is 0.291. The third kappa shape index (κ3) is 2.92. The number of benzene rings is 1. The van der Waals surface area contributed by atoms with Crippen LogP contribution >= 0.6 is 0 Å². The van der Waals surface area contributed by atoms with Gasteiger partial charge in [0.25, 0.3) is 5.91 Å². The zero-order chi connectivity index (χ0) is 18.1. The van der Waals surface area contributed by atoms with Gasteiger partial charge in [-0.05, 0) is 24.6 Å². The third-order valence-electron chi connectivity index (χ3n) is 3.52. The Labute approximate surface area is 139 Å². The highest BCUT2D eigenvalue weighted by Gasteiger charge is 2.30. The lowest BCUT2D eigenvalue weighted by molar-refractivity contribution is -0.386. The number of methoxy groups -OCH3 is 1. The van der Waals surface area contributed by atoms with Crippen molar-refractivity contribution in [1.29, 1.82) is 0 Å². The molecule has 3 aromatic rings. The van der Waals surface area contributed by atoms with Crippen LogP contribution < -0.4 is 15.7 Å². The Morgan fingerprint density at radius 1 is 1.40 bits per heavy atom. The number of hydrogen-bond acceptors (Lipinski definition) is 7. The van der Waals surface area contributed by atoms with Crippen LogP contribution in [0, 0.1) is 17.0 Å². The summed E-state index contributed by atoms with van der Waals surface area (Å²) >= 11 is 0. The van der Waals surface area contributed by atoms with Crippen molar-refractivity contribution in [1.82, 2.24) is 10.2 Å². The Kier molecular flexibility index (Phi) is 3.93. The number of H-pyrrole nitrogens is 1. The molecule has 0 aliphatic carbocycles. The molecule has 2 heterocycles. The van der Waals surface area contributed by atoms with Gasteiger partial charge in [-0.15, -0.1) is 5.10 Å². The van der Waals surface area contributed by atoms with Crippen LogP contribution in [0.2, 0.25) is 0 Å². The van der Waals surface area contributed by atoms with E-state index in [4.69, 9.17) is 9.15 Å². The number of rotatable bonds is 4. The molecule has 1 amide bonds. The van der Waals surface area contributed by atoms with E-state index in [0.717, 1.165) is 5.56 Å². The molecule has 0 saturated heterocycles. The maximum atomic E-state index is 12.3. The van der Waals surface area contributed by atoms with Crippen LogP contribution in [0.1, 0.15) is 16.1 Å². The van der Waals surface area contributed by atoms with Crippen molar-refractivity contribution in [3.05, 3.63) is 56.1 Å². The first kappa shape index (κ1) is 16.2. The summed E-state index contributed by atoms with van der Waals surface area (Å²) in [6.07, 6.45) is 0. The first-order valence-electron chi connectivity index (χ1n) is 7.03. The molecule has 1 aromatic carbocycles. The van der Waals surface area contributed by atoms with Gasteiger partial charge in [0.15, 0.2) is 0 Å². The summed E-state index contributed by atoms with van der Waals surface area (Å²) < 4.78 is 9.86. The average Bonchev–Trinajstić information content (AvgIpc) is 2.98. The molecular formula is C15H12N4O6. The van der Waals surface area contributed by atoms with Crippen LogP contribution in [-0.4, -0.2) is 28.1 Å². The normalized spacial score (nSPS) is 10.6. The molecule has 10 heteroatoms. The summed E-state index contributed by atoms with van der Waals surface area (Å²) in [5.74, 6) is -1.08. The number of aromatic amines is 1. The fraction of sp³-hybridized carbons (Fsp3) is 0.133. The van der Waals surface area contributed by atoms with Crippen molar-refractivity contribution in [3.63, 3.8) is 0 Å². The van der Waals surface area contributed by atoms with E-state index in [-0.39, 0.29) is 11.6 Å². The van der Waals surface area contributed by atoms with Gasteiger partial charge in [-0.1, -0.05) is 0 Å². The van der Waals surface area contributed by atoms with Gasteiger partial charge in [0.05, 0.1) is 12.0 Å². The predicted molar refractivity (Wildman–Crippen MR) is 87.0 cm³/mol. The Bertz CT molecular complexity index is 1050. The number of carbonyl (C=O) groups excluding carboxylic acids is 1. The summed E-state index contributed by atoms with van der Waals surface area (Å²) in [6.45, 7) is 1.76. The largest absolute Gasteiger partial charge is 0.475 e. The van der Waals surface area contributed by atoms with Gasteiger partial charge in [-0.25, -0.2) is 4.79 Å². The summed E-state index contributed by atoms with van der Waals surface area (Å²) in [6, 6.07) is 6.08. The molecule has 0 aliphatic heterocycles. The molecule has 3 rings (SSSR count). The molecule has 0 atom stereocenters. The Balaban J connectivity index is 1.96. The van der Waals surface area contributed by atoms with Crippen molar-refractivity contribution in [2.45, 2.75) is 6.92 Å². The van der Waals surface area contributed by atoms with Gasteiger partial charge in [-0.2, -0.15) is 0 Å². The average molecular weight is 344 g/mol. The standard InChI is InChI=1S/C15H12N4O6/c1-7-5-11(20)25-10-6-8(3-4-9(7)10)16-14(21)12-13(19(22)23)15(24-2)18-17-12/h3-6H,1-2H3,(H,16,21)(H,17,18). The molecule has 0 fully saturated rings. The molecule has 2 aromatic heterocycles. The van der Waals surface area contributed by atoms with Gasteiger partial charge in [0, 0.05) is 23.2 Å². The van der Waals surface area contributed by atoms with E-state index < -0.39 is 22.1 Å². The SMILES string of the molecule is COc1n[nH]c(C(=O)Nc2ccc3c(C)cc(=O)oc3c2)c1[N+](=O)[O-]. The van der Waals surface area contributed by atoms with Crippen molar-refractivity contribution in [2.75, 3.05) is 12.4 Å². The minimum Gasteiger partial charge on any atom is -0.475 e. The van der Waals surface area contributed by atoms with Crippen LogP contribution in [0.5, 0.6) is 5.88 Å². The maximum Gasteiger partial charge on any atom is 0.362 e. The van der Waals surface area contributed by atoms with E-state index >= 15 is 0 Å². The number of nitrogens with one attached hydrogen (secondary N) is 2. The highest BCUT2D eigenvalue weighted by Crippen LogP contribution is 2.28. The van der Waals surface area contributed by atoms with Crippen LogP contribution in [0.3, 0.4) is 0 Å². The molecule has 2 N–H and O–H groups in total. The number of aromatic nitrogens is 2. The number of hydrogen-bond donors (Lipinski definition) is 2. The summed E-state index contributed by atoms with van der Waals surface area (Å²) in [5, 5.41) is 20.2. The molecule has 0 saturated carbocycles. The van der Waals surface area contributed by atoms with Crippen molar-refractivity contribution in [3.8, 4) is 5.88 Å². The molecule has 0 radical (unpaired) electrons. The van der Waals surface area contributed by atoms with Gasteiger partial charge in [0.2, 0.25) is 5.69 Å². The molecule has 0 bridgehead atoms. The van der Waals surface area contributed by atoms with E-state index in [1.807, 2.05) is 0 Å². The highest BCUT2D eigenvalue weighted by molar-refractivity contribution is 6.06. The lowest BCUT2D eigenvalue weighted by Gasteiger charge is -2.06. The van der Waals surface area contributed by atoms with E-state index in [2.05, 4.69) is 15.5 Å². The molecule has 25 heavy (non-hydrogen) atoms. The smallest absolute Gasteiger partial charge is 0.362 e. The number of aryl methyl sites for hydroxylation is 1. The summed E-state index contributed by atoms with van der Waals surface area (Å²) in [5.41, 5.74) is -0.107. The lowest BCUT2D eigenvalue weighted by atomic mass is 10.1. The fourth-order valence-electron chi connectivity index (χ4n) is 2.39. The Hall–Kier alpha value is -3.69. The van der Waals surface area contributed by atoms with Gasteiger partial charge < -0.3 is 14.5 Å². The molecule has 10 nitrogen and oxygen atoms in total. The first-order valence-corrected chi connectivity index (χ1v) is 7.03. The van der Waals surface area contributed by atoms with Gasteiger partial charge in [-0.3, -0.25) is 20.0 Å². The quantitative estimate of drug-likeness (QED) is 0.419. The summed E-state index contributed by atoms with van der Waals surface area (Å²) in [7, 11) is 1.21. The topological polar surface area (TPSA) is 140 Å². The number of carbonyl (C=O) groups is 1.